The van der Waals surface area contributed by atoms with Crippen LogP contribution in [0.15, 0.2) is 18.2 Å². The largest absolute Gasteiger partial charge is 0.444 e. The highest BCUT2D eigenvalue weighted by Crippen LogP contribution is 2.22. The third-order valence-electron chi connectivity index (χ3n) is 3.59. The summed E-state index contributed by atoms with van der Waals surface area (Å²) in [6.45, 7) is 7.39. The van der Waals surface area contributed by atoms with Crippen molar-refractivity contribution in [2.24, 2.45) is 5.92 Å². The molecular weight excluding hydrogens is 283 g/mol. The molecule has 22 heavy (non-hydrogen) atoms. The van der Waals surface area contributed by atoms with Gasteiger partial charge in [0.2, 0.25) is 0 Å². The molecule has 2 N–H and O–H groups in total. The molecule has 0 saturated carbocycles. The number of carbonyl (C=O) groups is 1. The molecule has 0 radical (unpaired) electrons. The van der Waals surface area contributed by atoms with Crippen LogP contribution in [0, 0.1) is 11.7 Å². The average molecular weight is 308 g/mol. The lowest BCUT2D eigenvalue weighted by atomic mass is 9.92. The number of piperidine rings is 1. The molecule has 1 aromatic carbocycles. The van der Waals surface area contributed by atoms with Crippen LogP contribution in [-0.2, 0) is 11.2 Å². The first-order chi connectivity index (χ1) is 10.3. The van der Waals surface area contributed by atoms with E-state index < -0.39 is 17.5 Å². The van der Waals surface area contributed by atoms with Gasteiger partial charge in [0.15, 0.2) is 0 Å². The van der Waals surface area contributed by atoms with Gasteiger partial charge < -0.3 is 10.1 Å². The van der Waals surface area contributed by atoms with E-state index in [1.54, 1.807) is 32.9 Å². The van der Waals surface area contributed by atoms with Crippen molar-refractivity contribution in [3.8, 4) is 0 Å². The second kappa shape index (κ2) is 7.09. The van der Waals surface area contributed by atoms with Gasteiger partial charge in [-0.15, -0.1) is 0 Å². The van der Waals surface area contributed by atoms with Crippen LogP contribution in [-0.4, -0.2) is 24.8 Å². The summed E-state index contributed by atoms with van der Waals surface area (Å²) < 4.78 is 19.0. The van der Waals surface area contributed by atoms with Crippen molar-refractivity contribution in [1.82, 2.24) is 5.32 Å². The van der Waals surface area contributed by atoms with Crippen LogP contribution in [0.5, 0.6) is 0 Å². The van der Waals surface area contributed by atoms with Crippen LogP contribution in [0.1, 0.15) is 39.2 Å². The smallest absolute Gasteiger partial charge is 0.412 e. The monoisotopic (exact) mass is 308 g/mol. The Bertz CT molecular complexity index is 520. The fourth-order valence-electron chi connectivity index (χ4n) is 2.64. The zero-order valence-corrected chi connectivity index (χ0v) is 13.5. The van der Waals surface area contributed by atoms with Gasteiger partial charge in [0.05, 0.1) is 5.69 Å². The van der Waals surface area contributed by atoms with E-state index in [2.05, 4.69) is 10.6 Å². The molecule has 4 nitrogen and oxygen atoms in total. The number of ether oxygens (including phenoxy) is 1. The number of amides is 1. The molecule has 1 amide bonds. The number of halogens is 1. The van der Waals surface area contributed by atoms with Crippen molar-refractivity contribution < 1.29 is 13.9 Å². The van der Waals surface area contributed by atoms with Gasteiger partial charge in [-0.25, -0.2) is 9.18 Å². The predicted molar refractivity (Wildman–Crippen MR) is 85.6 cm³/mol. The highest BCUT2D eigenvalue weighted by molar-refractivity contribution is 5.85. The van der Waals surface area contributed by atoms with Gasteiger partial charge in [0.25, 0.3) is 0 Å². The summed E-state index contributed by atoms with van der Waals surface area (Å²) in [5, 5.41) is 5.87. The second-order valence-electron chi connectivity index (χ2n) is 6.86. The van der Waals surface area contributed by atoms with Gasteiger partial charge in [-0.3, -0.25) is 5.32 Å². The fourth-order valence-corrected chi connectivity index (χ4v) is 2.64. The van der Waals surface area contributed by atoms with Crippen molar-refractivity contribution >= 4 is 11.8 Å². The number of rotatable bonds is 3. The third-order valence-corrected chi connectivity index (χ3v) is 3.59. The van der Waals surface area contributed by atoms with Crippen molar-refractivity contribution in [3.05, 3.63) is 29.6 Å². The van der Waals surface area contributed by atoms with Crippen LogP contribution in [0.3, 0.4) is 0 Å². The Balaban J connectivity index is 2.01. The first kappa shape index (κ1) is 16.7. The van der Waals surface area contributed by atoms with Crippen molar-refractivity contribution in [3.63, 3.8) is 0 Å². The lowest BCUT2D eigenvalue weighted by molar-refractivity contribution is 0.0635. The van der Waals surface area contributed by atoms with Crippen LogP contribution < -0.4 is 10.6 Å². The number of nitrogens with one attached hydrogen (secondary N) is 2. The van der Waals surface area contributed by atoms with Crippen LogP contribution in [0.25, 0.3) is 0 Å². The second-order valence-corrected chi connectivity index (χ2v) is 6.86. The summed E-state index contributed by atoms with van der Waals surface area (Å²) in [5.41, 5.74) is 0.600. The highest BCUT2D eigenvalue weighted by atomic mass is 19.1. The molecule has 2 rings (SSSR count). The number of anilines is 1. The van der Waals surface area contributed by atoms with Gasteiger partial charge in [-0.2, -0.15) is 0 Å². The maximum absolute atomic E-state index is 13.9. The van der Waals surface area contributed by atoms with Crippen LogP contribution in [0.4, 0.5) is 14.9 Å². The molecule has 1 aliphatic rings. The van der Waals surface area contributed by atoms with Gasteiger partial charge in [0.1, 0.15) is 11.4 Å². The molecule has 0 aromatic heterocycles. The molecule has 1 atom stereocenters. The van der Waals surface area contributed by atoms with Gasteiger partial charge in [-0.1, -0.05) is 6.07 Å². The minimum absolute atomic E-state index is 0.176. The Labute approximate surface area is 131 Å². The van der Waals surface area contributed by atoms with Gasteiger partial charge in [0, 0.05) is 0 Å². The van der Waals surface area contributed by atoms with E-state index >= 15 is 0 Å². The fraction of sp³-hybridized carbons (Fsp3) is 0.588. The normalized spacial score (nSPS) is 18.8. The van der Waals surface area contributed by atoms with E-state index in [-0.39, 0.29) is 5.69 Å². The van der Waals surface area contributed by atoms with E-state index in [0.717, 1.165) is 25.1 Å². The molecule has 0 aliphatic carbocycles. The number of hydrogen-bond acceptors (Lipinski definition) is 3. The predicted octanol–water partition coefficient (Wildman–Crippen LogP) is 3.71. The van der Waals surface area contributed by atoms with E-state index in [1.165, 1.54) is 18.9 Å². The zero-order valence-electron chi connectivity index (χ0n) is 13.5. The Hall–Kier alpha value is -1.62. The average Bonchev–Trinajstić information content (AvgIpc) is 2.41. The summed E-state index contributed by atoms with van der Waals surface area (Å²) in [7, 11) is 0. The van der Waals surface area contributed by atoms with E-state index in [4.69, 9.17) is 4.74 Å². The quantitative estimate of drug-likeness (QED) is 0.895. The van der Waals surface area contributed by atoms with E-state index in [1.807, 2.05) is 0 Å². The van der Waals surface area contributed by atoms with Crippen molar-refractivity contribution in [1.29, 1.82) is 0 Å². The standard InChI is InChI=1S/C17H25FN2O2/c1-17(2,3)22-16(21)20-15-10-12(6-7-14(15)18)9-13-5-4-8-19-11-13/h6-7,10,13,19H,4-5,8-9,11H2,1-3H3,(H,20,21). The first-order valence-corrected chi connectivity index (χ1v) is 7.82. The number of carbonyl (C=O) groups excluding carboxylic acids is 1. The van der Waals surface area contributed by atoms with Gasteiger partial charge >= 0.3 is 6.09 Å². The number of hydrogen-bond donors (Lipinski definition) is 2. The van der Waals surface area contributed by atoms with Crippen molar-refractivity contribution in [2.75, 3.05) is 18.4 Å². The Morgan fingerprint density at radius 3 is 2.86 bits per heavy atom. The Morgan fingerprint density at radius 1 is 1.45 bits per heavy atom. The maximum Gasteiger partial charge on any atom is 0.412 e. The van der Waals surface area contributed by atoms with Crippen LogP contribution in [0.2, 0.25) is 0 Å². The first-order valence-electron chi connectivity index (χ1n) is 7.82. The molecule has 1 heterocycles. The van der Waals surface area contributed by atoms with Gasteiger partial charge in [-0.05, 0) is 76.7 Å². The summed E-state index contributed by atoms with van der Waals surface area (Å²) >= 11 is 0. The topological polar surface area (TPSA) is 50.4 Å². The van der Waals surface area contributed by atoms with E-state index in [9.17, 15) is 9.18 Å². The minimum atomic E-state index is -0.636. The number of benzene rings is 1. The maximum atomic E-state index is 13.9. The lowest BCUT2D eigenvalue weighted by Gasteiger charge is -2.23. The third kappa shape index (κ3) is 5.30. The molecule has 1 aromatic rings. The Kier molecular flexibility index (Phi) is 5.40. The molecular formula is C17H25FN2O2. The molecule has 122 valence electrons. The Morgan fingerprint density at radius 2 is 2.23 bits per heavy atom. The SMILES string of the molecule is CC(C)(C)OC(=O)Nc1cc(CC2CCCNC2)ccc1F. The molecule has 5 heteroatoms. The summed E-state index contributed by atoms with van der Waals surface area (Å²) in [6, 6.07) is 4.89. The minimum Gasteiger partial charge on any atom is -0.444 e. The van der Waals surface area contributed by atoms with Crippen molar-refractivity contribution in [2.45, 2.75) is 45.6 Å². The molecule has 1 aliphatic heterocycles. The molecule has 1 unspecified atom stereocenters. The van der Waals surface area contributed by atoms with Crippen LogP contribution >= 0.6 is 0 Å². The molecule has 1 saturated heterocycles. The molecule has 1 fully saturated rings. The summed E-state index contributed by atoms with van der Waals surface area (Å²) in [6.07, 6.45) is 2.60. The summed E-state index contributed by atoms with van der Waals surface area (Å²) in [5.74, 6) is 0.116. The molecule has 0 bridgehead atoms. The lowest BCUT2D eigenvalue weighted by Crippen LogP contribution is -2.30. The highest BCUT2D eigenvalue weighted by Gasteiger charge is 2.18. The molecule has 0 spiro atoms. The zero-order chi connectivity index (χ0) is 16.2. The van der Waals surface area contributed by atoms with E-state index in [0.29, 0.717) is 5.92 Å². The summed E-state index contributed by atoms with van der Waals surface area (Å²) in [4.78, 5) is 11.8.